The number of ether oxygens (including phenoxy) is 1. The van der Waals surface area contributed by atoms with Gasteiger partial charge in [-0.1, -0.05) is 31.2 Å². The second-order valence-corrected chi connectivity index (χ2v) is 3.83. The molecule has 1 rings (SSSR count). The highest BCUT2D eigenvalue weighted by Gasteiger charge is 2.00. The molecule has 0 spiro atoms. The van der Waals surface area contributed by atoms with Crippen LogP contribution in [0.1, 0.15) is 24.5 Å². The van der Waals surface area contributed by atoms with Crippen molar-refractivity contribution in [3.63, 3.8) is 0 Å². The molecule has 4 nitrogen and oxygen atoms in total. The zero-order chi connectivity index (χ0) is 12.5. The number of nitrogens with zero attached hydrogens (tertiary/aromatic N) is 1. The molecular formula is C13H22IN3O. The SMILES string of the molecule is CCCNC(N)=NCc1ccccc1COC.I. The number of nitrogens with two attached hydrogens (primary N) is 1. The van der Waals surface area contributed by atoms with Crippen LogP contribution in [0.15, 0.2) is 29.3 Å². The molecule has 18 heavy (non-hydrogen) atoms. The van der Waals surface area contributed by atoms with Gasteiger partial charge in [-0.25, -0.2) is 4.99 Å². The van der Waals surface area contributed by atoms with Gasteiger partial charge in [0, 0.05) is 13.7 Å². The third-order valence-electron chi connectivity index (χ3n) is 2.39. The Morgan fingerprint density at radius 1 is 1.33 bits per heavy atom. The smallest absolute Gasteiger partial charge is 0.188 e. The molecule has 0 unspecified atom stereocenters. The van der Waals surface area contributed by atoms with Gasteiger partial charge in [0.25, 0.3) is 0 Å². The van der Waals surface area contributed by atoms with Crippen molar-refractivity contribution < 1.29 is 4.74 Å². The maximum atomic E-state index is 5.74. The van der Waals surface area contributed by atoms with Crippen LogP contribution < -0.4 is 11.1 Å². The van der Waals surface area contributed by atoms with Crippen molar-refractivity contribution in [3.8, 4) is 0 Å². The molecule has 5 heteroatoms. The largest absolute Gasteiger partial charge is 0.380 e. The van der Waals surface area contributed by atoms with Gasteiger partial charge >= 0.3 is 0 Å². The number of aliphatic imine (C=N–C) groups is 1. The topological polar surface area (TPSA) is 59.6 Å². The lowest BCUT2D eigenvalue weighted by Gasteiger charge is -2.07. The first kappa shape index (κ1) is 17.2. The van der Waals surface area contributed by atoms with Crippen molar-refractivity contribution in [2.45, 2.75) is 26.5 Å². The lowest BCUT2D eigenvalue weighted by molar-refractivity contribution is 0.184. The first-order valence-electron chi connectivity index (χ1n) is 5.87. The molecule has 0 aliphatic rings. The van der Waals surface area contributed by atoms with Gasteiger partial charge in [-0.2, -0.15) is 0 Å². The van der Waals surface area contributed by atoms with E-state index in [1.54, 1.807) is 7.11 Å². The van der Waals surface area contributed by atoms with Crippen LogP contribution in [-0.4, -0.2) is 19.6 Å². The summed E-state index contributed by atoms with van der Waals surface area (Å²) in [4.78, 5) is 4.30. The molecule has 0 radical (unpaired) electrons. The molecule has 0 fully saturated rings. The monoisotopic (exact) mass is 363 g/mol. The van der Waals surface area contributed by atoms with E-state index < -0.39 is 0 Å². The highest BCUT2D eigenvalue weighted by Crippen LogP contribution is 2.10. The molecule has 1 aromatic carbocycles. The van der Waals surface area contributed by atoms with Crippen LogP contribution in [0.25, 0.3) is 0 Å². The van der Waals surface area contributed by atoms with Crippen molar-refractivity contribution in [1.29, 1.82) is 0 Å². The summed E-state index contributed by atoms with van der Waals surface area (Å²) in [5.74, 6) is 0.499. The van der Waals surface area contributed by atoms with Crippen molar-refractivity contribution in [3.05, 3.63) is 35.4 Å². The fourth-order valence-corrected chi connectivity index (χ4v) is 1.49. The van der Waals surface area contributed by atoms with E-state index in [2.05, 4.69) is 17.2 Å². The minimum Gasteiger partial charge on any atom is -0.380 e. The van der Waals surface area contributed by atoms with Crippen molar-refractivity contribution >= 4 is 29.9 Å². The Balaban J connectivity index is 0.00000289. The Morgan fingerprint density at radius 2 is 2.00 bits per heavy atom. The number of halogens is 1. The number of guanidine groups is 1. The molecule has 1 aromatic rings. The summed E-state index contributed by atoms with van der Waals surface area (Å²) in [6.45, 7) is 4.14. The lowest BCUT2D eigenvalue weighted by atomic mass is 10.1. The van der Waals surface area contributed by atoms with Gasteiger partial charge < -0.3 is 15.8 Å². The Bertz CT molecular complexity index is 369. The predicted molar refractivity (Wildman–Crippen MR) is 86.2 cm³/mol. The van der Waals surface area contributed by atoms with Gasteiger partial charge in [0.15, 0.2) is 5.96 Å². The van der Waals surface area contributed by atoms with Crippen LogP contribution in [0.5, 0.6) is 0 Å². The Labute approximate surface area is 126 Å². The quantitative estimate of drug-likeness (QED) is 0.463. The van der Waals surface area contributed by atoms with Crippen molar-refractivity contribution in [2.24, 2.45) is 10.7 Å². The molecule has 0 heterocycles. The number of benzene rings is 1. The first-order chi connectivity index (χ1) is 8.27. The molecule has 3 N–H and O–H groups in total. The second-order valence-electron chi connectivity index (χ2n) is 3.83. The maximum absolute atomic E-state index is 5.74. The summed E-state index contributed by atoms with van der Waals surface area (Å²) in [6.07, 6.45) is 1.04. The molecule has 102 valence electrons. The van der Waals surface area contributed by atoms with Gasteiger partial charge in [0.2, 0.25) is 0 Å². The average Bonchev–Trinajstić information content (AvgIpc) is 2.35. The Morgan fingerprint density at radius 3 is 2.61 bits per heavy atom. The molecule has 0 saturated carbocycles. The summed E-state index contributed by atoms with van der Waals surface area (Å²) in [5, 5.41) is 3.05. The third kappa shape index (κ3) is 6.20. The molecule has 0 saturated heterocycles. The summed E-state index contributed by atoms with van der Waals surface area (Å²) in [5.41, 5.74) is 8.04. The number of rotatable bonds is 6. The Hall–Kier alpha value is -0.820. The van der Waals surface area contributed by atoms with Gasteiger partial charge in [-0.05, 0) is 17.5 Å². The van der Waals surface area contributed by atoms with E-state index in [0.717, 1.165) is 24.1 Å². The maximum Gasteiger partial charge on any atom is 0.188 e. The van der Waals surface area contributed by atoms with Gasteiger partial charge in [0.05, 0.1) is 13.2 Å². The van der Waals surface area contributed by atoms with Crippen LogP contribution in [-0.2, 0) is 17.9 Å². The molecule has 0 aromatic heterocycles. The summed E-state index contributed by atoms with van der Waals surface area (Å²) < 4.78 is 5.14. The van der Waals surface area contributed by atoms with Gasteiger partial charge in [0.1, 0.15) is 0 Å². The standard InChI is InChI=1S/C13H21N3O.HI/c1-3-8-15-13(14)16-9-11-6-4-5-7-12(11)10-17-2;/h4-7H,3,8-10H2,1-2H3,(H3,14,15,16);1H. The van der Waals surface area contributed by atoms with E-state index >= 15 is 0 Å². The van der Waals surface area contributed by atoms with Gasteiger partial charge in [-0.3, -0.25) is 0 Å². The fraction of sp³-hybridized carbons (Fsp3) is 0.462. The van der Waals surface area contributed by atoms with E-state index in [1.165, 1.54) is 0 Å². The molecule has 0 aliphatic carbocycles. The zero-order valence-electron chi connectivity index (χ0n) is 11.0. The summed E-state index contributed by atoms with van der Waals surface area (Å²) >= 11 is 0. The second kappa shape index (κ2) is 10.1. The van der Waals surface area contributed by atoms with Crippen molar-refractivity contribution in [1.82, 2.24) is 5.32 Å². The van der Waals surface area contributed by atoms with E-state index in [0.29, 0.717) is 19.1 Å². The number of hydrogen-bond donors (Lipinski definition) is 2. The molecule has 0 aliphatic heterocycles. The third-order valence-corrected chi connectivity index (χ3v) is 2.39. The molecule has 0 amide bonds. The predicted octanol–water partition coefficient (Wildman–Crippen LogP) is 2.27. The fourth-order valence-electron chi connectivity index (χ4n) is 1.49. The van der Waals surface area contributed by atoms with Crippen molar-refractivity contribution in [2.75, 3.05) is 13.7 Å². The van der Waals surface area contributed by atoms with E-state index in [9.17, 15) is 0 Å². The minimum absolute atomic E-state index is 0. The number of hydrogen-bond acceptors (Lipinski definition) is 2. The van der Waals surface area contributed by atoms with E-state index in [1.807, 2.05) is 24.3 Å². The molecular weight excluding hydrogens is 341 g/mol. The highest BCUT2D eigenvalue weighted by molar-refractivity contribution is 14.0. The van der Waals surface area contributed by atoms with Gasteiger partial charge in [-0.15, -0.1) is 24.0 Å². The van der Waals surface area contributed by atoms with Crippen LogP contribution in [0, 0.1) is 0 Å². The number of nitrogens with one attached hydrogen (secondary N) is 1. The van der Waals surface area contributed by atoms with E-state index in [-0.39, 0.29) is 24.0 Å². The summed E-state index contributed by atoms with van der Waals surface area (Å²) in [7, 11) is 1.69. The van der Waals surface area contributed by atoms with Crippen LogP contribution in [0.2, 0.25) is 0 Å². The highest BCUT2D eigenvalue weighted by atomic mass is 127. The zero-order valence-corrected chi connectivity index (χ0v) is 13.3. The molecule has 0 bridgehead atoms. The summed E-state index contributed by atoms with van der Waals surface area (Å²) in [6, 6.07) is 8.09. The minimum atomic E-state index is 0. The average molecular weight is 363 g/mol. The van der Waals surface area contributed by atoms with Crippen LogP contribution in [0.4, 0.5) is 0 Å². The molecule has 0 atom stereocenters. The van der Waals surface area contributed by atoms with Crippen LogP contribution >= 0.6 is 24.0 Å². The van der Waals surface area contributed by atoms with Crippen LogP contribution in [0.3, 0.4) is 0 Å². The normalized spacial score (nSPS) is 10.9. The first-order valence-corrected chi connectivity index (χ1v) is 5.87. The Kier molecular flexibility index (Phi) is 9.67. The lowest BCUT2D eigenvalue weighted by Crippen LogP contribution is -2.32. The number of methoxy groups -OCH3 is 1. The van der Waals surface area contributed by atoms with E-state index in [4.69, 9.17) is 10.5 Å².